The Morgan fingerprint density at radius 1 is 0.426 bits per heavy atom. The number of rotatable bonds is 38. The molecule has 6 heteroatoms. The summed E-state index contributed by atoms with van der Waals surface area (Å²) in [5.74, 6) is -0.702. The van der Waals surface area contributed by atoms with Crippen molar-refractivity contribution in [1.29, 1.82) is 0 Å². The lowest BCUT2D eigenvalue weighted by atomic mass is 10.0. The van der Waals surface area contributed by atoms with E-state index >= 15 is 0 Å². The van der Waals surface area contributed by atoms with E-state index in [0.29, 0.717) is 12.8 Å². The average Bonchev–Trinajstić information content (AvgIpc) is 3.07. The number of hydrogen-bond donors (Lipinski definition) is 4. The van der Waals surface area contributed by atoms with Gasteiger partial charge >= 0.3 is 0 Å². The first-order valence-electron chi connectivity index (χ1n) is 20.9. The topological polar surface area (TPSA) is 101 Å². The molecule has 0 bridgehead atoms. The zero-order valence-corrected chi connectivity index (χ0v) is 31.6. The van der Waals surface area contributed by atoms with Crippen molar-refractivity contribution in [3.63, 3.8) is 0 Å². The van der Waals surface area contributed by atoms with Crippen molar-refractivity contribution in [2.24, 2.45) is 0 Å². The van der Waals surface area contributed by atoms with Crippen LogP contribution in [0, 0.1) is 0 Å². The number of aliphatic hydroxyl groups excluding tert-OH is 4. The molecule has 6 nitrogen and oxygen atoms in total. The van der Waals surface area contributed by atoms with Gasteiger partial charge in [-0.25, -0.2) is 0 Å². The van der Waals surface area contributed by atoms with Gasteiger partial charge in [-0.05, 0) is 12.8 Å². The molecule has 0 aliphatic carbocycles. The molecule has 0 aromatic carbocycles. The number of carbonyl (C=O) groups is 1. The van der Waals surface area contributed by atoms with Crippen molar-refractivity contribution in [3.8, 4) is 0 Å². The molecule has 1 amide bonds. The van der Waals surface area contributed by atoms with Crippen molar-refractivity contribution in [1.82, 2.24) is 4.90 Å². The Balaban J connectivity index is 3.70. The van der Waals surface area contributed by atoms with Gasteiger partial charge in [0.1, 0.15) is 12.8 Å². The molecule has 282 valence electrons. The Kier molecular flexibility index (Phi) is 36.0. The summed E-state index contributed by atoms with van der Waals surface area (Å²) in [6, 6.07) is 0. The van der Waals surface area contributed by atoms with Gasteiger partial charge in [0, 0.05) is 0 Å². The number of carbonyl (C=O) groups excluding carboxylic acids is 1. The van der Waals surface area contributed by atoms with E-state index in [2.05, 4.69) is 13.8 Å². The van der Waals surface area contributed by atoms with E-state index in [1.54, 1.807) is 0 Å². The molecule has 0 fully saturated rings. The van der Waals surface area contributed by atoms with Crippen molar-refractivity contribution in [2.75, 3.05) is 6.73 Å². The predicted molar refractivity (Wildman–Crippen MR) is 200 cm³/mol. The Labute approximate surface area is 292 Å². The van der Waals surface area contributed by atoms with E-state index < -0.39 is 31.1 Å². The molecule has 0 spiro atoms. The summed E-state index contributed by atoms with van der Waals surface area (Å²) in [6.07, 6.45) is 37.6. The smallest absolute Gasteiger partial charge is 0.255 e. The number of unbranched alkanes of at least 4 members (excludes halogenated alkanes) is 30. The first kappa shape index (κ1) is 46.3. The van der Waals surface area contributed by atoms with E-state index in [9.17, 15) is 25.2 Å². The third-order valence-corrected chi connectivity index (χ3v) is 10.1. The molecule has 4 N–H and O–H groups in total. The van der Waals surface area contributed by atoms with Crippen LogP contribution >= 0.6 is 0 Å². The number of aliphatic hydroxyl groups is 4. The SMILES string of the molecule is CCCCCCCCCCCCCCCCCCCCCCC(O)C(=O)N(CO)C(O)C(O)CCCCCCCCCCCCCC. The molecule has 0 rings (SSSR count). The second-order valence-corrected chi connectivity index (χ2v) is 14.6. The molecule has 47 heavy (non-hydrogen) atoms. The number of hydrogen-bond acceptors (Lipinski definition) is 5. The van der Waals surface area contributed by atoms with Gasteiger partial charge in [0.15, 0.2) is 6.23 Å². The number of amides is 1. The van der Waals surface area contributed by atoms with E-state index in [4.69, 9.17) is 0 Å². The van der Waals surface area contributed by atoms with Crippen LogP contribution < -0.4 is 0 Å². The number of nitrogens with zero attached hydrogens (tertiary/aromatic N) is 1. The van der Waals surface area contributed by atoms with Gasteiger partial charge in [-0.2, -0.15) is 0 Å². The molecule has 0 heterocycles. The molecule has 0 aliphatic rings. The zero-order valence-electron chi connectivity index (χ0n) is 31.6. The maximum absolute atomic E-state index is 12.7. The first-order chi connectivity index (χ1) is 23.0. The Morgan fingerprint density at radius 2 is 0.681 bits per heavy atom. The van der Waals surface area contributed by atoms with Crippen LogP contribution in [0.3, 0.4) is 0 Å². The van der Waals surface area contributed by atoms with Crippen LogP contribution in [-0.4, -0.2) is 56.4 Å². The first-order valence-corrected chi connectivity index (χ1v) is 20.9. The van der Waals surface area contributed by atoms with Gasteiger partial charge in [0.25, 0.3) is 5.91 Å². The Bertz CT molecular complexity index is 633. The molecular formula is C41H83NO5. The van der Waals surface area contributed by atoms with Gasteiger partial charge in [-0.3, -0.25) is 9.69 Å². The van der Waals surface area contributed by atoms with Gasteiger partial charge in [-0.15, -0.1) is 0 Å². The predicted octanol–water partition coefficient (Wildman–Crippen LogP) is 11.1. The molecule has 0 saturated heterocycles. The molecule has 0 saturated carbocycles. The van der Waals surface area contributed by atoms with E-state index in [1.807, 2.05) is 0 Å². The third kappa shape index (κ3) is 29.9. The lowest BCUT2D eigenvalue weighted by Gasteiger charge is -2.31. The highest BCUT2D eigenvalue weighted by atomic mass is 16.4. The second kappa shape index (κ2) is 36.6. The van der Waals surface area contributed by atoms with Gasteiger partial charge in [-0.1, -0.05) is 219 Å². The summed E-state index contributed by atoms with van der Waals surface area (Å²) < 4.78 is 0. The molecular weight excluding hydrogens is 586 g/mol. The van der Waals surface area contributed by atoms with Gasteiger partial charge < -0.3 is 20.4 Å². The van der Waals surface area contributed by atoms with Crippen molar-refractivity contribution in [3.05, 3.63) is 0 Å². The van der Waals surface area contributed by atoms with Crippen LogP contribution in [0.1, 0.15) is 232 Å². The summed E-state index contributed by atoms with van der Waals surface area (Å²) in [4.78, 5) is 13.5. The molecule has 0 aliphatic heterocycles. The fourth-order valence-electron chi connectivity index (χ4n) is 6.74. The zero-order chi connectivity index (χ0) is 34.6. The second-order valence-electron chi connectivity index (χ2n) is 14.6. The monoisotopic (exact) mass is 670 g/mol. The standard InChI is InChI=1S/C41H83NO5/c1-3-5-7-9-11-13-15-17-18-19-20-21-22-23-24-26-28-30-32-34-36-39(45)41(47)42(37-43)40(46)38(44)35-33-31-29-27-25-16-14-12-10-8-6-4-2/h38-40,43-46H,3-37H2,1-2H3. The summed E-state index contributed by atoms with van der Waals surface area (Å²) in [7, 11) is 0. The minimum atomic E-state index is -1.50. The molecule has 3 unspecified atom stereocenters. The highest BCUT2D eigenvalue weighted by Gasteiger charge is 2.30. The minimum absolute atomic E-state index is 0.315. The summed E-state index contributed by atoms with van der Waals surface area (Å²) >= 11 is 0. The highest BCUT2D eigenvalue weighted by Crippen LogP contribution is 2.18. The largest absolute Gasteiger partial charge is 0.388 e. The highest BCUT2D eigenvalue weighted by molar-refractivity contribution is 5.80. The van der Waals surface area contributed by atoms with Crippen LogP contribution in [0.25, 0.3) is 0 Å². The van der Waals surface area contributed by atoms with Crippen LogP contribution in [0.15, 0.2) is 0 Å². The van der Waals surface area contributed by atoms with Crippen LogP contribution in [0.5, 0.6) is 0 Å². The van der Waals surface area contributed by atoms with Crippen molar-refractivity contribution in [2.45, 2.75) is 251 Å². The Morgan fingerprint density at radius 3 is 0.957 bits per heavy atom. The average molecular weight is 670 g/mol. The van der Waals surface area contributed by atoms with Crippen LogP contribution in [0.2, 0.25) is 0 Å². The maximum atomic E-state index is 12.7. The third-order valence-electron chi connectivity index (χ3n) is 10.1. The molecule has 0 aromatic heterocycles. The van der Waals surface area contributed by atoms with E-state index in [1.165, 1.54) is 167 Å². The molecule has 3 atom stereocenters. The normalized spacial score (nSPS) is 13.6. The summed E-state index contributed by atoms with van der Waals surface area (Å²) in [5, 5.41) is 41.0. The quantitative estimate of drug-likeness (QED) is 0.0387. The summed E-state index contributed by atoms with van der Waals surface area (Å²) in [5.41, 5.74) is 0. The fraction of sp³-hybridized carbons (Fsp3) is 0.976. The van der Waals surface area contributed by atoms with Gasteiger partial charge in [0.2, 0.25) is 0 Å². The van der Waals surface area contributed by atoms with Crippen molar-refractivity contribution < 1.29 is 25.2 Å². The fourth-order valence-corrected chi connectivity index (χ4v) is 6.74. The summed E-state index contributed by atoms with van der Waals surface area (Å²) in [6.45, 7) is 3.81. The molecule has 0 aromatic rings. The van der Waals surface area contributed by atoms with Crippen LogP contribution in [-0.2, 0) is 4.79 Å². The van der Waals surface area contributed by atoms with E-state index in [-0.39, 0.29) is 0 Å². The lowest BCUT2D eigenvalue weighted by Crippen LogP contribution is -2.51. The van der Waals surface area contributed by atoms with Crippen molar-refractivity contribution >= 4 is 5.91 Å². The minimum Gasteiger partial charge on any atom is -0.388 e. The van der Waals surface area contributed by atoms with Crippen LogP contribution in [0.4, 0.5) is 0 Å². The van der Waals surface area contributed by atoms with Gasteiger partial charge in [0.05, 0.1) is 6.10 Å². The van der Waals surface area contributed by atoms with E-state index in [0.717, 1.165) is 43.4 Å². The lowest BCUT2D eigenvalue weighted by molar-refractivity contribution is -0.169. The Hall–Kier alpha value is -0.690. The molecule has 0 radical (unpaired) electrons. The maximum Gasteiger partial charge on any atom is 0.255 e.